The molecule has 0 amide bonds. The zero-order chi connectivity index (χ0) is 16.1. The van der Waals surface area contributed by atoms with Crippen LogP contribution in [0.1, 0.15) is 5.56 Å². The van der Waals surface area contributed by atoms with E-state index in [1.54, 1.807) is 30.6 Å². The van der Waals surface area contributed by atoms with Gasteiger partial charge in [-0.2, -0.15) is 0 Å². The second-order valence-corrected chi connectivity index (χ2v) is 4.48. The maximum Gasteiger partial charge on any atom is 0.290 e. The summed E-state index contributed by atoms with van der Waals surface area (Å²) in [4.78, 5) is 26.3. The number of nitrogens with one attached hydrogen (secondary N) is 1. The lowest BCUT2D eigenvalue weighted by Crippen LogP contribution is -1.89. The van der Waals surface area contributed by atoms with E-state index in [4.69, 9.17) is 9.90 Å². The van der Waals surface area contributed by atoms with E-state index in [1.165, 1.54) is 0 Å². The van der Waals surface area contributed by atoms with Gasteiger partial charge in [0.15, 0.2) is 0 Å². The lowest BCUT2D eigenvalue weighted by Gasteiger charge is -1.97. The molecule has 2 aromatic heterocycles. The van der Waals surface area contributed by atoms with Crippen LogP contribution in [-0.2, 0) is 4.79 Å². The van der Waals surface area contributed by atoms with Crippen LogP contribution in [0.4, 0.5) is 5.69 Å². The Morgan fingerprint density at radius 3 is 2.68 bits per heavy atom. The number of pyridine rings is 1. The van der Waals surface area contributed by atoms with Crippen molar-refractivity contribution in [2.75, 3.05) is 0 Å². The zero-order valence-electron chi connectivity index (χ0n) is 11.7. The fraction of sp³-hybridized carbons (Fsp3) is 0.0667. The van der Waals surface area contributed by atoms with E-state index in [2.05, 4.69) is 9.97 Å². The number of nitro groups is 1. The molecule has 0 aliphatic heterocycles. The monoisotopic (exact) mass is 299 g/mol. The van der Waals surface area contributed by atoms with Gasteiger partial charge < -0.3 is 10.1 Å². The molecule has 2 N–H and O–H groups in total. The molecular weight excluding hydrogens is 286 g/mol. The van der Waals surface area contributed by atoms with E-state index in [0.717, 1.165) is 22.3 Å². The van der Waals surface area contributed by atoms with Gasteiger partial charge in [-0.15, -0.1) is 0 Å². The highest BCUT2D eigenvalue weighted by molar-refractivity contribution is 5.94. The number of nitrogens with zero attached hydrogens (tertiary/aromatic N) is 2. The van der Waals surface area contributed by atoms with Crippen molar-refractivity contribution in [3.8, 4) is 11.3 Å². The first kappa shape index (κ1) is 15.2. The molecule has 7 nitrogen and oxygen atoms in total. The van der Waals surface area contributed by atoms with Crippen LogP contribution in [0.3, 0.4) is 0 Å². The van der Waals surface area contributed by atoms with Crippen LogP contribution < -0.4 is 0 Å². The summed E-state index contributed by atoms with van der Waals surface area (Å²) in [5.74, 6) is 0. The number of aromatic nitrogens is 2. The Bertz CT molecular complexity index is 812. The molecule has 0 aliphatic rings. The summed E-state index contributed by atoms with van der Waals surface area (Å²) in [7, 11) is 0. The molecule has 0 spiro atoms. The molecule has 0 aliphatic carbocycles. The van der Waals surface area contributed by atoms with Crippen LogP contribution in [0.5, 0.6) is 0 Å². The Morgan fingerprint density at radius 2 is 2.09 bits per heavy atom. The topological polar surface area (TPSA) is 109 Å². The normalized spacial score (nSPS) is 9.86. The summed E-state index contributed by atoms with van der Waals surface area (Å²) in [5, 5.41) is 18.6. The molecule has 0 unspecified atom stereocenters. The van der Waals surface area contributed by atoms with Gasteiger partial charge in [0.05, 0.1) is 15.8 Å². The third-order valence-corrected chi connectivity index (χ3v) is 3.15. The predicted octanol–water partition coefficient (Wildman–Crippen LogP) is 3.15. The first-order valence-corrected chi connectivity index (χ1v) is 6.33. The van der Waals surface area contributed by atoms with E-state index < -0.39 is 0 Å². The molecule has 0 atom stereocenters. The quantitative estimate of drug-likeness (QED) is 0.429. The lowest BCUT2D eigenvalue weighted by molar-refractivity contribution is -0.383. The van der Waals surface area contributed by atoms with Crippen molar-refractivity contribution in [1.82, 2.24) is 9.97 Å². The Hall–Kier alpha value is -3.22. The highest BCUT2D eigenvalue weighted by atomic mass is 16.6. The van der Waals surface area contributed by atoms with Gasteiger partial charge in [-0.25, -0.2) is 0 Å². The average molecular weight is 299 g/mol. The molecule has 22 heavy (non-hydrogen) atoms. The number of carbonyl (C=O) groups is 1. The standard InChI is InChI=1S/C14H11N3O2.CH2O2/c1-9-4-5-13(17(18)19)11-7-12(16-14(9)11)10-3-2-6-15-8-10;2-1-3/h2-8,16H,1H3;1H,(H,2,3). The van der Waals surface area contributed by atoms with Crippen LogP contribution in [0.15, 0.2) is 42.7 Å². The number of aromatic amines is 1. The predicted molar refractivity (Wildman–Crippen MR) is 81.6 cm³/mol. The minimum Gasteiger partial charge on any atom is -0.483 e. The van der Waals surface area contributed by atoms with E-state index in [0.29, 0.717) is 5.39 Å². The smallest absolute Gasteiger partial charge is 0.290 e. The number of nitro benzene ring substituents is 1. The first-order chi connectivity index (χ1) is 10.6. The molecule has 0 saturated carbocycles. The fourth-order valence-electron chi connectivity index (χ4n) is 2.18. The Morgan fingerprint density at radius 1 is 1.36 bits per heavy atom. The van der Waals surface area contributed by atoms with Crippen LogP contribution in [-0.4, -0.2) is 26.5 Å². The second-order valence-electron chi connectivity index (χ2n) is 4.48. The van der Waals surface area contributed by atoms with Crippen LogP contribution in [0.2, 0.25) is 0 Å². The molecule has 0 saturated heterocycles. The maximum atomic E-state index is 11.1. The van der Waals surface area contributed by atoms with Gasteiger partial charge in [0.1, 0.15) is 0 Å². The van der Waals surface area contributed by atoms with Crippen LogP contribution in [0, 0.1) is 17.0 Å². The van der Waals surface area contributed by atoms with Crippen molar-refractivity contribution in [1.29, 1.82) is 0 Å². The van der Waals surface area contributed by atoms with Crippen molar-refractivity contribution in [3.05, 3.63) is 58.4 Å². The maximum absolute atomic E-state index is 11.1. The summed E-state index contributed by atoms with van der Waals surface area (Å²) in [6, 6.07) is 8.85. The number of H-pyrrole nitrogens is 1. The minimum atomic E-state index is -0.358. The second kappa shape index (κ2) is 6.49. The molecule has 0 bridgehead atoms. The summed E-state index contributed by atoms with van der Waals surface area (Å²) in [6.07, 6.45) is 3.42. The Balaban J connectivity index is 0.000000545. The molecule has 112 valence electrons. The van der Waals surface area contributed by atoms with Gasteiger partial charge >= 0.3 is 0 Å². The number of hydrogen-bond donors (Lipinski definition) is 2. The fourth-order valence-corrected chi connectivity index (χ4v) is 2.18. The third kappa shape index (κ3) is 2.93. The number of hydrogen-bond acceptors (Lipinski definition) is 4. The molecule has 3 rings (SSSR count). The number of benzene rings is 1. The van der Waals surface area contributed by atoms with E-state index in [1.807, 2.05) is 19.1 Å². The molecular formula is C15H13N3O4. The third-order valence-electron chi connectivity index (χ3n) is 3.15. The van der Waals surface area contributed by atoms with Gasteiger partial charge in [0.2, 0.25) is 0 Å². The first-order valence-electron chi connectivity index (χ1n) is 6.33. The number of rotatable bonds is 2. The van der Waals surface area contributed by atoms with Gasteiger partial charge in [0, 0.05) is 29.7 Å². The molecule has 3 aromatic rings. The van der Waals surface area contributed by atoms with Crippen molar-refractivity contribution in [2.45, 2.75) is 6.92 Å². The SMILES string of the molecule is Cc1ccc([N+](=O)[O-])c2cc(-c3cccnc3)[nH]c12.O=CO. The van der Waals surface area contributed by atoms with Gasteiger partial charge in [-0.1, -0.05) is 6.07 Å². The van der Waals surface area contributed by atoms with E-state index in [9.17, 15) is 10.1 Å². The molecule has 0 fully saturated rings. The Labute approximate surface area is 125 Å². The van der Waals surface area contributed by atoms with Crippen molar-refractivity contribution >= 4 is 23.1 Å². The average Bonchev–Trinajstić information content (AvgIpc) is 2.95. The highest BCUT2D eigenvalue weighted by Gasteiger charge is 2.16. The largest absolute Gasteiger partial charge is 0.483 e. The summed E-state index contributed by atoms with van der Waals surface area (Å²) >= 11 is 0. The summed E-state index contributed by atoms with van der Waals surface area (Å²) < 4.78 is 0. The van der Waals surface area contributed by atoms with Crippen molar-refractivity contribution < 1.29 is 14.8 Å². The Kier molecular flexibility index (Phi) is 4.47. The number of non-ortho nitro benzene ring substituents is 1. The van der Waals surface area contributed by atoms with Crippen molar-refractivity contribution in [3.63, 3.8) is 0 Å². The van der Waals surface area contributed by atoms with E-state index in [-0.39, 0.29) is 17.1 Å². The summed E-state index contributed by atoms with van der Waals surface area (Å²) in [5.41, 5.74) is 3.64. The van der Waals surface area contributed by atoms with Gasteiger partial charge in [-0.3, -0.25) is 19.9 Å². The number of aryl methyl sites for hydroxylation is 1. The highest BCUT2D eigenvalue weighted by Crippen LogP contribution is 2.32. The van der Waals surface area contributed by atoms with Crippen LogP contribution >= 0.6 is 0 Å². The van der Waals surface area contributed by atoms with Crippen molar-refractivity contribution in [2.24, 2.45) is 0 Å². The number of carboxylic acid groups (broad SMARTS) is 1. The summed E-state index contributed by atoms with van der Waals surface area (Å²) in [6.45, 7) is 1.68. The number of fused-ring (bicyclic) bond motifs is 1. The van der Waals surface area contributed by atoms with Crippen LogP contribution in [0.25, 0.3) is 22.2 Å². The minimum absolute atomic E-state index is 0.118. The van der Waals surface area contributed by atoms with Gasteiger partial charge in [-0.05, 0) is 30.7 Å². The zero-order valence-corrected chi connectivity index (χ0v) is 11.7. The molecule has 7 heteroatoms. The molecule has 0 radical (unpaired) electrons. The molecule has 2 heterocycles. The molecule has 1 aromatic carbocycles. The van der Waals surface area contributed by atoms with E-state index >= 15 is 0 Å². The lowest BCUT2D eigenvalue weighted by atomic mass is 10.1. The van der Waals surface area contributed by atoms with Gasteiger partial charge in [0.25, 0.3) is 12.2 Å².